The van der Waals surface area contributed by atoms with Gasteiger partial charge < -0.3 is 19.7 Å². The summed E-state index contributed by atoms with van der Waals surface area (Å²) < 4.78 is 10.3. The molecule has 6 nitrogen and oxygen atoms in total. The number of ether oxygens (including phenoxy) is 2. The molecule has 1 heterocycles. The third kappa shape index (κ3) is 3.57. The fourth-order valence-corrected chi connectivity index (χ4v) is 2.91. The molecule has 25 heavy (non-hydrogen) atoms. The maximum atomic E-state index is 12.5. The molecule has 2 amide bonds. The monoisotopic (exact) mass is 340 g/mol. The Kier molecular flexibility index (Phi) is 4.88. The molecule has 0 saturated carbocycles. The van der Waals surface area contributed by atoms with Crippen LogP contribution < -0.4 is 19.7 Å². The number of methoxy groups -OCH3 is 2. The standard InChI is InChI=1S/C19H20N2O4/c1-24-15-9-7-14(8-10-15)21-12-13(11-18(21)22)20-19(23)16-5-3-4-6-17(16)25-2/h3-10,13H,11-12H2,1-2H3,(H,20,23)/t13-/m0/s1. The Morgan fingerprint density at radius 1 is 1.08 bits per heavy atom. The van der Waals surface area contributed by atoms with Crippen LogP contribution in [0.3, 0.4) is 0 Å². The maximum absolute atomic E-state index is 12.5. The van der Waals surface area contributed by atoms with Crippen LogP contribution in [0.2, 0.25) is 0 Å². The minimum atomic E-state index is -0.244. The quantitative estimate of drug-likeness (QED) is 0.906. The number of hydrogen-bond donors (Lipinski definition) is 1. The normalized spacial score (nSPS) is 16.6. The fourth-order valence-electron chi connectivity index (χ4n) is 2.91. The van der Waals surface area contributed by atoms with Crippen LogP contribution in [0, 0.1) is 0 Å². The van der Waals surface area contributed by atoms with E-state index in [1.807, 2.05) is 24.3 Å². The summed E-state index contributed by atoms with van der Waals surface area (Å²) in [4.78, 5) is 26.4. The number of nitrogens with one attached hydrogen (secondary N) is 1. The van der Waals surface area contributed by atoms with Gasteiger partial charge in [0.25, 0.3) is 5.91 Å². The molecule has 130 valence electrons. The van der Waals surface area contributed by atoms with Gasteiger partial charge in [-0.3, -0.25) is 9.59 Å². The van der Waals surface area contributed by atoms with Crippen molar-refractivity contribution in [2.75, 3.05) is 25.7 Å². The van der Waals surface area contributed by atoms with Crippen molar-refractivity contribution in [2.45, 2.75) is 12.5 Å². The lowest BCUT2D eigenvalue weighted by Gasteiger charge is -2.18. The van der Waals surface area contributed by atoms with E-state index in [2.05, 4.69) is 5.32 Å². The highest BCUT2D eigenvalue weighted by Crippen LogP contribution is 2.25. The van der Waals surface area contributed by atoms with Crippen molar-refractivity contribution in [1.82, 2.24) is 5.32 Å². The minimum absolute atomic E-state index is 0.0181. The number of carbonyl (C=O) groups is 2. The molecular weight excluding hydrogens is 320 g/mol. The van der Waals surface area contributed by atoms with Gasteiger partial charge in [0.05, 0.1) is 25.8 Å². The van der Waals surface area contributed by atoms with Crippen LogP contribution in [0.5, 0.6) is 11.5 Å². The van der Waals surface area contributed by atoms with Crippen molar-refractivity contribution in [3.05, 3.63) is 54.1 Å². The molecule has 2 aromatic rings. The molecule has 1 N–H and O–H groups in total. The molecule has 1 aliphatic heterocycles. The van der Waals surface area contributed by atoms with Crippen LogP contribution in [0.25, 0.3) is 0 Å². The van der Waals surface area contributed by atoms with Crippen LogP contribution in [-0.2, 0) is 4.79 Å². The van der Waals surface area contributed by atoms with Crippen molar-refractivity contribution in [2.24, 2.45) is 0 Å². The second-order valence-electron chi connectivity index (χ2n) is 5.78. The second-order valence-corrected chi connectivity index (χ2v) is 5.78. The van der Waals surface area contributed by atoms with Gasteiger partial charge in [0, 0.05) is 18.7 Å². The summed E-state index contributed by atoms with van der Waals surface area (Å²) in [5, 5.41) is 2.92. The van der Waals surface area contributed by atoms with Crippen LogP contribution >= 0.6 is 0 Å². The summed E-state index contributed by atoms with van der Waals surface area (Å²) >= 11 is 0. The van der Waals surface area contributed by atoms with Gasteiger partial charge in [0.1, 0.15) is 11.5 Å². The second kappa shape index (κ2) is 7.25. The summed E-state index contributed by atoms with van der Waals surface area (Å²) in [6.07, 6.45) is 0.271. The minimum Gasteiger partial charge on any atom is -0.497 e. The first-order chi connectivity index (χ1) is 12.1. The Balaban J connectivity index is 1.69. The van der Waals surface area contributed by atoms with Crippen LogP contribution in [0.15, 0.2) is 48.5 Å². The summed E-state index contributed by atoms with van der Waals surface area (Å²) in [6, 6.07) is 14.1. The number of para-hydroxylation sites is 1. The first kappa shape index (κ1) is 16.8. The number of rotatable bonds is 5. The van der Waals surface area contributed by atoms with Gasteiger partial charge in [0.15, 0.2) is 0 Å². The predicted molar refractivity (Wildman–Crippen MR) is 94.2 cm³/mol. The average Bonchev–Trinajstić information content (AvgIpc) is 3.01. The lowest BCUT2D eigenvalue weighted by atomic mass is 10.1. The molecule has 0 spiro atoms. The molecule has 0 aromatic heterocycles. The molecule has 0 unspecified atom stereocenters. The molecule has 2 aromatic carbocycles. The molecule has 6 heteroatoms. The largest absolute Gasteiger partial charge is 0.497 e. The SMILES string of the molecule is COc1ccc(N2C[C@@H](NC(=O)c3ccccc3OC)CC2=O)cc1. The summed E-state index contributed by atoms with van der Waals surface area (Å²) in [5.41, 5.74) is 1.25. The number of hydrogen-bond acceptors (Lipinski definition) is 4. The Morgan fingerprint density at radius 3 is 2.48 bits per heavy atom. The number of anilines is 1. The molecule has 1 aliphatic rings. The number of carbonyl (C=O) groups excluding carboxylic acids is 2. The van der Waals surface area contributed by atoms with E-state index in [-0.39, 0.29) is 24.3 Å². The van der Waals surface area contributed by atoms with E-state index < -0.39 is 0 Å². The lowest BCUT2D eigenvalue weighted by Crippen LogP contribution is -2.37. The summed E-state index contributed by atoms with van der Waals surface area (Å²) in [7, 11) is 3.12. The van der Waals surface area contributed by atoms with E-state index in [0.717, 1.165) is 11.4 Å². The smallest absolute Gasteiger partial charge is 0.255 e. The summed E-state index contributed by atoms with van der Waals surface area (Å²) in [6.45, 7) is 0.437. The maximum Gasteiger partial charge on any atom is 0.255 e. The zero-order valence-electron chi connectivity index (χ0n) is 14.2. The fraction of sp³-hybridized carbons (Fsp3) is 0.263. The van der Waals surface area contributed by atoms with Gasteiger partial charge >= 0.3 is 0 Å². The van der Waals surface area contributed by atoms with Crippen molar-refractivity contribution in [3.63, 3.8) is 0 Å². The van der Waals surface area contributed by atoms with E-state index in [1.165, 1.54) is 7.11 Å². The Labute approximate surface area is 146 Å². The van der Waals surface area contributed by atoms with Crippen molar-refractivity contribution in [3.8, 4) is 11.5 Å². The molecular formula is C19H20N2O4. The number of benzene rings is 2. The summed E-state index contributed by atoms with van der Waals surface area (Å²) in [5.74, 6) is 0.982. The van der Waals surface area contributed by atoms with E-state index in [4.69, 9.17) is 9.47 Å². The first-order valence-electron chi connectivity index (χ1n) is 8.00. The topological polar surface area (TPSA) is 67.9 Å². The Morgan fingerprint density at radius 2 is 1.80 bits per heavy atom. The van der Waals surface area contributed by atoms with Crippen LogP contribution in [-0.4, -0.2) is 38.6 Å². The molecule has 0 bridgehead atoms. The van der Waals surface area contributed by atoms with Gasteiger partial charge in [-0.25, -0.2) is 0 Å². The van der Waals surface area contributed by atoms with Crippen LogP contribution in [0.4, 0.5) is 5.69 Å². The van der Waals surface area contributed by atoms with Gasteiger partial charge in [-0.05, 0) is 36.4 Å². The van der Waals surface area contributed by atoms with Gasteiger partial charge in [-0.2, -0.15) is 0 Å². The molecule has 0 radical (unpaired) electrons. The highest BCUT2D eigenvalue weighted by molar-refractivity contribution is 6.00. The Hall–Kier alpha value is -3.02. The molecule has 3 rings (SSSR count). The van der Waals surface area contributed by atoms with E-state index in [0.29, 0.717) is 17.9 Å². The number of amides is 2. The lowest BCUT2D eigenvalue weighted by molar-refractivity contribution is -0.117. The first-order valence-corrected chi connectivity index (χ1v) is 8.00. The molecule has 1 atom stereocenters. The third-order valence-electron chi connectivity index (χ3n) is 4.20. The van der Waals surface area contributed by atoms with Gasteiger partial charge in [-0.1, -0.05) is 12.1 Å². The highest BCUT2D eigenvalue weighted by atomic mass is 16.5. The van der Waals surface area contributed by atoms with E-state index in [9.17, 15) is 9.59 Å². The zero-order chi connectivity index (χ0) is 17.8. The third-order valence-corrected chi connectivity index (χ3v) is 4.20. The zero-order valence-corrected chi connectivity index (χ0v) is 14.2. The predicted octanol–water partition coefficient (Wildman–Crippen LogP) is 2.24. The van der Waals surface area contributed by atoms with E-state index >= 15 is 0 Å². The number of nitrogens with zero attached hydrogens (tertiary/aromatic N) is 1. The van der Waals surface area contributed by atoms with Gasteiger partial charge in [-0.15, -0.1) is 0 Å². The molecule has 1 saturated heterocycles. The van der Waals surface area contributed by atoms with Crippen molar-refractivity contribution >= 4 is 17.5 Å². The van der Waals surface area contributed by atoms with Crippen molar-refractivity contribution < 1.29 is 19.1 Å². The van der Waals surface area contributed by atoms with Gasteiger partial charge in [0.2, 0.25) is 5.91 Å². The van der Waals surface area contributed by atoms with E-state index in [1.54, 1.807) is 36.3 Å². The molecule has 1 fully saturated rings. The average molecular weight is 340 g/mol. The Bertz CT molecular complexity index is 773. The van der Waals surface area contributed by atoms with Crippen LogP contribution in [0.1, 0.15) is 16.8 Å². The highest BCUT2D eigenvalue weighted by Gasteiger charge is 2.32. The van der Waals surface area contributed by atoms with Crippen molar-refractivity contribution in [1.29, 1.82) is 0 Å². The molecule has 0 aliphatic carbocycles.